The van der Waals surface area contributed by atoms with Gasteiger partial charge in [-0.3, -0.25) is 4.79 Å². The molecule has 0 spiro atoms. The van der Waals surface area contributed by atoms with E-state index in [2.05, 4.69) is 25.6 Å². The van der Waals surface area contributed by atoms with Crippen LogP contribution in [0, 0.1) is 0 Å². The van der Waals surface area contributed by atoms with Gasteiger partial charge in [0.2, 0.25) is 0 Å². The van der Waals surface area contributed by atoms with Crippen molar-refractivity contribution in [1.29, 1.82) is 0 Å². The van der Waals surface area contributed by atoms with Gasteiger partial charge in [0.15, 0.2) is 11.5 Å². The van der Waals surface area contributed by atoms with Crippen LogP contribution in [0.4, 0.5) is 18.9 Å². The molecule has 1 N–H and O–H groups in total. The van der Waals surface area contributed by atoms with E-state index in [1.54, 1.807) is 24.5 Å². The summed E-state index contributed by atoms with van der Waals surface area (Å²) < 4.78 is 42.5. The van der Waals surface area contributed by atoms with Crippen molar-refractivity contribution in [3.05, 3.63) is 71.4 Å². The van der Waals surface area contributed by atoms with Gasteiger partial charge >= 0.3 is 6.18 Å². The summed E-state index contributed by atoms with van der Waals surface area (Å²) in [6.45, 7) is 0. The molecule has 0 radical (unpaired) electrons. The zero-order valence-corrected chi connectivity index (χ0v) is 17.8. The minimum absolute atomic E-state index is 0.0969. The lowest BCUT2D eigenvalue weighted by Gasteiger charge is -2.15. The van der Waals surface area contributed by atoms with E-state index in [1.165, 1.54) is 47.3 Å². The molecule has 4 rings (SSSR count). The molecule has 0 saturated carbocycles. The van der Waals surface area contributed by atoms with Gasteiger partial charge < -0.3 is 5.32 Å². The number of carbonyl (C=O) groups is 1. The van der Waals surface area contributed by atoms with Gasteiger partial charge in [-0.1, -0.05) is 23.7 Å². The second kappa shape index (κ2) is 8.63. The zero-order chi connectivity index (χ0) is 22.9. The molecule has 4 aromatic rings. The van der Waals surface area contributed by atoms with Crippen LogP contribution in [0.15, 0.2) is 60.0 Å². The number of amides is 1. The van der Waals surface area contributed by atoms with Crippen LogP contribution in [0.25, 0.3) is 11.5 Å². The largest absolute Gasteiger partial charge is 0.434 e. The van der Waals surface area contributed by atoms with E-state index in [4.69, 9.17) is 11.6 Å². The number of hydrogen-bond acceptors (Lipinski definition) is 6. The molecule has 0 atom stereocenters. The number of hydrogen-bond donors (Lipinski definition) is 1. The van der Waals surface area contributed by atoms with Gasteiger partial charge in [0, 0.05) is 4.90 Å². The van der Waals surface area contributed by atoms with Crippen molar-refractivity contribution in [3.63, 3.8) is 0 Å². The highest BCUT2D eigenvalue weighted by Gasteiger charge is 2.41. The Kier molecular flexibility index (Phi) is 5.89. The Morgan fingerprint density at radius 2 is 1.84 bits per heavy atom. The second-order valence-corrected chi connectivity index (χ2v) is 7.55. The Balaban J connectivity index is 1.69. The topological polar surface area (TPSA) is 90.5 Å². The molecule has 0 bridgehead atoms. The van der Waals surface area contributed by atoms with E-state index < -0.39 is 23.3 Å². The summed E-state index contributed by atoms with van der Waals surface area (Å²) in [7, 11) is 0. The highest BCUT2D eigenvalue weighted by atomic mass is 35.5. The van der Waals surface area contributed by atoms with Gasteiger partial charge in [-0.2, -0.15) is 28.5 Å². The Hall–Kier alpha value is -3.38. The fraction of sp³-hybridized carbons (Fsp3) is 0.105. The molecule has 164 valence electrons. The van der Waals surface area contributed by atoms with Crippen molar-refractivity contribution >= 4 is 35.0 Å². The Labute approximate surface area is 188 Å². The monoisotopic (exact) mass is 479 g/mol. The summed E-state index contributed by atoms with van der Waals surface area (Å²) in [5.74, 6) is -0.805. The Bertz CT molecular complexity index is 1270. The minimum atomic E-state index is -4.83. The molecule has 1 aromatic carbocycles. The van der Waals surface area contributed by atoms with Gasteiger partial charge in [-0.05, 0) is 24.5 Å². The number of benzene rings is 1. The lowest BCUT2D eigenvalue weighted by atomic mass is 10.2. The van der Waals surface area contributed by atoms with Gasteiger partial charge in [-0.15, -0.1) is 16.6 Å². The van der Waals surface area contributed by atoms with Crippen molar-refractivity contribution in [1.82, 2.24) is 29.8 Å². The summed E-state index contributed by atoms with van der Waals surface area (Å²) in [5, 5.41) is 14.1. The maximum absolute atomic E-state index is 13.9. The third-order valence-corrected chi connectivity index (χ3v) is 5.35. The normalized spacial score (nSPS) is 11.5. The first-order valence-corrected chi connectivity index (χ1v) is 10.5. The first-order valence-electron chi connectivity index (χ1n) is 8.92. The zero-order valence-electron chi connectivity index (χ0n) is 16.2. The average molecular weight is 480 g/mol. The number of nitrogens with zero attached hydrogens (tertiary/aromatic N) is 6. The van der Waals surface area contributed by atoms with Gasteiger partial charge in [-0.25, -0.2) is 9.67 Å². The van der Waals surface area contributed by atoms with Crippen molar-refractivity contribution in [2.45, 2.75) is 11.1 Å². The number of thioether (sulfide) groups is 1. The molecular weight excluding hydrogens is 467 g/mol. The highest BCUT2D eigenvalue weighted by Crippen LogP contribution is 2.36. The molecule has 13 heteroatoms. The number of rotatable bonds is 5. The first-order chi connectivity index (χ1) is 15.3. The molecule has 0 unspecified atom stereocenters. The smallest absolute Gasteiger partial charge is 0.320 e. The number of aromatic nitrogens is 6. The maximum atomic E-state index is 13.9. The number of para-hydroxylation sites is 1. The Morgan fingerprint density at radius 3 is 2.50 bits per heavy atom. The quantitative estimate of drug-likeness (QED) is 0.424. The van der Waals surface area contributed by atoms with Crippen LogP contribution in [0.3, 0.4) is 0 Å². The molecule has 0 fully saturated rings. The Morgan fingerprint density at radius 1 is 1.12 bits per heavy atom. The predicted octanol–water partition coefficient (Wildman–Crippen LogP) is 4.49. The number of pyridine rings is 1. The van der Waals surface area contributed by atoms with Crippen LogP contribution in [0.2, 0.25) is 5.02 Å². The van der Waals surface area contributed by atoms with Crippen molar-refractivity contribution in [2.24, 2.45) is 0 Å². The average Bonchev–Trinajstić information content (AvgIpc) is 3.44. The van der Waals surface area contributed by atoms with Crippen LogP contribution < -0.4 is 5.32 Å². The molecule has 0 aliphatic heterocycles. The summed E-state index contributed by atoms with van der Waals surface area (Å²) in [5.41, 5.74) is -1.51. The number of carbonyl (C=O) groups excluding carboxylic acids is 1. The number of nitrogens with one attached hydrogen (secondary N) is 1. The van der Waals surface area contributed by atoms with Gasteiger partial charge in [0.1, 0.15) is 0 Å². The van der Waals surface area contributed by atoms with Crippen LogP contribution in [0.5, 0.6) is 0 Å². The number of anilines is 1. The van der Waals surface area contributed by atoms with E-state index in [-0.39, 0.29) is 22.2 Å². The van der Waals surface area contributed by atoms with Crippen molar-refractivity contribution in [3.8, 4) is 11.5 Å². The fourth-order valence-corrected chi connectivity index (χ4v) is 3.76. The molecule has 1 amide bonds. The van der Waals surface area contributed by atoms with Crippen LogP contribution in [0.1, 0.15) is 16.1 Å². The summed E-state index contributed by atoms with van der Waals surface area (Å²) in [4.78, 5) is 18.5. The van der Waals surface area contributed by atoms with E-state index in [1.807, 2.05) is 0 Å². The number of alkyl halides is 3. The summed E-state index contributed by atoms with van der Waals surface area (Å²) in [6.07, 6.45) is 1.89. The predicted molar refractivity (Wildman–Crippen MR) is 112 cm³/mol. The minimum Gasteiger partial charge on any atom is -0.320 e. The summed E-state index contributed by atoms with van der Waals surface area (Å²) >= 11 is 7.43. The van der Waals surface area contributed by atoms with Crippen LogP contribution >= 0.6 is 23.4 Å². The molecular formula is C19H13ClF3N7OS. The van der Waals surface area contributed by atoms with E-state index in [0.29, 0.717) is 4.90 Å². The highest BCUT2D eigenvalue weighted by molar-refractivity contribution is 7.98. The molecule has 3 aromatic heterocycles. The lowest BCUT2D eigenvalue weighted by Crippen LogP contribution is -2.21. The van der Waals surface area contributed by atoms with Crippen molar-refractivity contribution < 1.29 is 18.0 Å². The molecule has 0 saturated heterocycles. The van der Waals surface area contributed by atoms with Crippen LogP contribution in [-0.2, 0) is 6.18 Å². The van der Waals surface area contributed by atoms with E-state index in [9.17, 15) is 18.0 Å². The molecule has 3 heterocycles. The lowest BCUT2D eigenvalue weighted by molar-refractivity contribution is -0.143. The maximum Gasteiger partial charge on any atom is 0.434 e. The molecule has 0 aliphatic carbocycles. The second-order valence-electron chi connectivity index (χ2n) is 6.29. The molecule has 0 aliphatic rings. The van der Waals surface area contributed by atoms with Gasteiger partial charge in [0.05, 0.1) is 46.7 Å². The molecule has 8 nitrogen and oxygen atoms in total. The third-order valence-electron chi connectivity index (χ3n) is 4.28. The SMILES string of the molecule is CSc1ccccc1-n1ncc(C(=O)Nc2cnc(-n3nccn3)c(Cl)c2)c1C(F)(F)F. The van der Waals surface area contributed by atoms with E-state index in [0.717, 1.165) is 10.9 Å². The van der Waals surface area contributed by atoms with Crippen LogP contribution in [-0.4, -0.2) is 41.9 Å². The summed E-state index contributed by atoms with van der Waals surface area (Å²) in [6, 6.07) is 7.82. The standard InChI is InChI=1S/C19H13ClF3N7OS/c1-32-15-5-3-2-4-14(15)29-16(19(21,22)23)12(10-27-29)18(31)28-11-8-13(20)17(24-9-11)30-25-6-7-26-30/h2-10H,1H3,(H,28,31). The van der Waals surface area contributed by atoms with Gasteiger partial charge in [0.25, 0.3) is 5.91 Å². The number of halogens is 4. The van der Waals surface area contributed by atoms with E-state index >= 15 is 0 Å². The molecule has 32 heavy (non-hydrogen) atoms. The van der Waals surface area contributed by atoms with Crippen molar-refractivity contribution in [2.75, 3.05) is 11.6 Å². The fourth-order valence-electron chi connectivity index (χ4n) is 2.94. The first kappa shape index (κ1) is 21.8. The third kappa shape index (κ3) is 4.18.